The third kappa shape index (κ3) is 3.84. The first kappa shape index (κ1) is 19.1. The number of furan rings is 1. The Morgan fingerprint density at radius 2 is 2.04 bits per heavy atom. The molecule has 3 rings (SSSR count). The first-order valence-corrected chi connectivity index (χ1v) is 9.78. The summed E-state index contributed by atoms with van der Waals surface area (Å²) >= 11 is 10.5. The molecule has 134 valence electrons. The molecular weight excluding hydrogens is 535 g/mol. The fourth-order valence-electron chi connectivity index (χ4n) is 2.33. The second kappa shape index (κ2) is 7.89. The van der Waals surface area contributed by atoms with Gasteiger partial charge in [0, 0.05) is 22.6 Å². The highest BCUT2D eigenvalue weighted by atomic mass is 127. The van der Waals surface area contributed by atoms with Crippen molar-refractivity contribution < 1.29 is 18.7 Å². The molecule has 2 amide bonds. The highest BCUT2D eigenvalue weighted by molar-refractivity contribution is 14.1. The number of thiocarbonyl (C=S) groups is 1. The third-order valence-electron chi connectivity index (χ3n) is 3.46. The zero-order chi connectivity index (χ0) is 18.8. The van der Waals surface area contributed by atoms with Crippen molar-refractivity contribution in [1.82, 2.24) is 5.32 Å². The molecule has 0 aliphatic carbocycles. The van der Waals surface area contributed by atoms with E-state index < -0.39 is 11.8 Å². The van der Waals surface area contributed by atoms with E-state index >= 15 is 0 Å². The summed E-state index contributed by atoms with van der Waals surface area (Å²) in [6, 6.07) is 8.57. The summed E-state index contributed by atoms with van der Waals surface area (Å²) in [5.74, 6) is -0.0177. The van der Waals surface area contributed by atoms with Gasteiger partial charge in [-0.3, -0.25) is 19.8 Å². The van der Waals surface area contributed by atoms with Gasteiger partial charge in [-0.1, -0.05) is 0 Å². The Kier molecular flexibility index (Phi) is 5.78. The number of nitrogens with zero attached hydrogens (tertiary/aromatic N) is 1. The highest BCUT2D eigenvalue weighted by Crippen LogP contribution is 2.27. The van der Waals surface area contributed by atoms with E-state index in [0.717, 1.165) is 4.47 Å². The van der Waals surface area contributed by atoms with Crippen LogP contribution in [0.15, 0.2) is 44.8 Å². The molecule has 0 saturated carbocycles. The summed E-state index contributed by atoms with van der Waals surface area (Å²) in [6.07, 6.45) is 1.40. The molecule has 1 aliphatic heterocycles. The van der Waals surface area contributed by atoms with Gasteiger partial charge in [-0.25, -0.2) is 0 Å². The zero-order valence-electron chi connectivity index (χ0n) is 13.4. The van der Waals surface area contributed by atoms with Crippen LogP contribution in [0.3, 0.4) is 0 Å². The molecule has 1 saturated heterocycles. The number of ether oxygens (including phenoxy) is 1. The monoisotopic (exact) mass is 546 g/mol. The van der Waals surface area contributed by atoms with Gasteiger partial charge in [-0.15, -0.1) is 0 Å². The van der Waals surface area contributed by atoms with E-state index in [1.54, 1.807) is 30.3 Å². The molecule has 0 atom stereocenters. The van der Waals surface area contributed by atoms with Crippen molar-refractivity contribution in [1.29, 1.82) is 0 Å². The fourth-order valence-corrected chi connectivity index (χ4v) is 3.32. The molecule has 0 spiro atoms. The molecule has 0 unspecified atom stereocenters. The Bertz CT molecular complexity index is 904. The quantitative estimate of drug-likeness (QED) is 0.273. The third-order valence-corrected chi connectivity index (χ3v) is 5.87. The Labute approximate surface area is 176 Å². The second-order valence-electron chi connectivity index (χ2n) is 5.16. The summed E-state index contributed by atoms with van der Waals surface area (Å²) in [5, 5.41) is 2.56. The number of rotatable bonds is 4. The summed E-state index contributed by atoms with van der Waals surface area (Å²) in [7, 11) is 0. The molecule has 1 aromatic heterocycles. The van der Waals surface area contributed by atoms with Gasteiger partial charge in [0.2, 0.25) is 0 Å². The minimum Gasteiger partial charge on any atom is -0.494 e. The SMILES string of the molecule is CCOc1ccc(N2C(=O)/C(=C/c3cc(Br)c(I)o3)C(=O)NC2=S)cc1. The van der Waals surface area contributed by atoms with Gasteiger partial charge in [0.25, 0.3) is 11.8 Å². The summed E-state index contributed by atoms with van der Waals surface area (Å²) in [5.41, 5.74) is 0.467. The highest BCUT2D eigenvalue weighted by Gasteiger charge is 2.34. The normalized spacial score (nSPS) is 16.2. The van der Waals surface area contributed by atoms with Crippen molar-refractivity contribution in [2.45, 2.75) is 6.92 Å². The summed E-state index contributed by atoms with van der Waals surface area (Å²) < 4.78 is 12.3. The lowest BCUT2D eigenvalue weighted by Gasteiger charge is -2.28. The van der Waals surface area contributed by atoms with Gasteiger partial charge >= 0.3 is 0 Å². The molecule has 0 bridgehead atoms. The molecule has 0 radical (unpaired) electrons. The molecule has 1 fully saturated rings. The Balaban J connectivity index is 1.95. The molecule has 6 nitrogen and oxygen atoms in total. The topological polar surface area (TPSA) is 71.8 Å². The predicted octanol–water partition coefficient (Wildman–Crippen LogP) is 3.88. The van der Waals surface area contributed by atoms with E-state index in [0.29, 0.717) is 27.6 Å². The first-order chi connectivity index (χ1) is 12.4. The molecular formula is C17H12BrIN2O4S. The summed E-state index contributed by atoms with van der Waals surface area (Å²) in [4.78, 5) is 26.4. The van der Waals surface area contributed by atoms with Crippen LogP contribution in [0.1, 0.15) is 12.7 Å². The van der Waals surface area contributed by atoms with E-state index in [-0.39, 0.29) is 10.7 Å². The van der Waals surface area contributed by atoms with Crippen LogP contribution in [0.4, 0.5) is 5.69 Å². The number of carbonyl (C=O) groups is 2. The van der Waals surface area contributed by atoms with Crippen LogP contribution in [0.25, 0.3) is 6.08 Å². The molecule has 1 N–H and O–H groups in total. The van der Waals surface area contributed by atoms with E-state index in [1.807, 2.05) is 29.5 Å². The number of nitrogens with one attached hydrogen (secondary N) is 1. The van der Waals surface area contributed by atoms with Crippen LogP contribution in [0, 0.1) is 3.77 Å². The van der Waals surface area contributed by atoms with Crippen LogP contribution in [0.5, 0.6) is 5.75 Å². The average molecular weight is 547 g/mol. The molecule has 2 aromatic rings. The number of halogens is 2. The predicted molar refractivity (Wildman–Crippen MR) is 113 cm³/mol. The van der Waals surface area contributed by atoms with Crippen molar-refractivity contribution in [3.63, 3.8) is 0 Å². The number of hydrogen-bond acceptors (Lipinski definition) is 5. The van der Waals surface area contributed by atoms with Crippen molar-refractivity contribution in [2.75, 3.05) is 11.5 Å². The molecule has 1 aromatic carbocycles. The van der Waals surface area contributed by atoms with Crippen LogP contribution >= 0.6 is 50.7 Å². The van der Waals surface area contributed by atoms with Crippen LogP contribution in [0.2, 0.25) is 0 Å². The Hall–Kier alpha value is -1.72. The maximum absolute atomic E-state index is 12.9. The van der Waals surface area contributed by atoms with Gasteiger partial charge in [-0.2, -0.15) is 0 Å². The van der Waals surface area contributed by atoms with Crippen molar-refractivity contribution >= 4 is 79.4 Å². The van der Waals surface area contributed by atoms with Gasteiger partial charge < -0.3 is 9.15 Å². The van der Waals surface area contributed by atoms with E-state index in [4.69, 9.17) is 21.4 Å². The lowest BCUT2D eigenvalue weighted by Crippen LogP contribution is -2.54. The van der Waals surface area contributed by atoms with Crippen LogP contribution < -0.4 is 15.0 Å². The minimum absolute atomic E-state index is 0.0246. The molecule has 1 aliphatic rings. The summed E-state index contributed by atoms with van der Waals surface area (Å²) in [6.45, 7) is 2.43. The number of anilines is 1. The maximum Gasteiger partial charge on any atom is 0.270 e. The zero-order valence-corrected chi connectivity index (χ0v) is 18.0. The number of amides is 2. The molecule has 9 heteroatoms. The number of benzene rings is 1. The van der Waals surface area contributed by atoms with Crippen LogP contribution in [-0.2, 0) is 9.59 Å². The second-order valence-corrected chi connectivity index (χ2v) is 7.38. The molecule has 26 heavy (non-hydrogen) atoms. The first-order valence-electron chi connectivity index (χ1n) is 7.50. The Morgan fingerprint density at radius 1 is 1.35 bits per heavy atom. The number of carbonyl (C=O) groups excluding carboxylic acids is 2. The average Bonchev–Trinajstić information content (AvgIpc) is 2.91. The van der Waals surface area contributed by atoms with Gasteiger partial charge in [0.05, 0.1) is 16.8 Å². The van der Waals surface area contributed by atoms with Gasteiger partial charge in [0.1, 0.15) is 17.1 Å². The largest absolute Gasteiger partial charge is 0.494 e. The maximum atomic E-state index is 12.9. The smallest absolute Gasteiger partial charge is 0.270 e. The van der Waals surface area contributed by atoms with Crippen molar-refractivity contribution in [3.05, 3.63) is 49.9 Å². The van der Waals surface area contributed by atoms with E-state index in [9.17, 15) is 9.59 Å². The Morgan fingerprint density at radius 3 is 2.62 bits per heavy atom. The van der Waals surface area contributed by atoms with E-state index in [1.165, 1.54) is 11.0 Å². The number of hydrogen-bond donors (Lipinski definition) is 1. The van der Waals surface area contributed by atoms with E-state index in [2.05, 4.69) is 21.2 Å². The van der Waals surface area contributed by atoms with Crippen molar-refractivity contribution in [2.24, 2.45) is 0 Å². The van der Waals surface area contributed by atoms with Gasteiger partial charge in [0.15, 0.2) is 8.88 Å². The van der Waals surface area contributed by atoms with Crippen molar-refractivity contribution in [3.8, 4) is 5.75 Å². The fraction of sp³-hybridized carbons (Fsp3) is 0.118. The lowest BCUT2D eigenvalue weighted by molar-refractivity contribution is -0.122. The van der Waals surface area contributed by atoms with Crippen LogP contribution in [-0.4, -0.2) is 23.5 Å². The van der Waals surface area contributed by atoms with Gasteiger partial charge in [-0.05, 0) is 71.5 Å². The molecule has 2 heterocycles. The standard InChI is InChI=1S/C17H12BrIN2O4S/c1-2-24-10-5-3-9(4-6-10)21-16(23)12(15(22)20-17(21)26)7-11-8-13(18)14(19)25-11/h3-8H,2H2,1H3,(H,20,22,26)/b12-7+. The lowest BCUT2D eigenvalue weighted by atomic mass is 10.1. The minimum atomic E-state index is -0.565.